The summed E-state index contributed by atoms with van der Waals surface area (Å²) in [6.45, 7) is 4.37. The smallest absolute Gasteiger partial charge is 0.407 e. The van der Waals surface area contributed by atoms with E-state index in [2.05, 4.69) is 10.5 Å². The molecule has 0 aliphatic carbocycles. The summed E-state index contributed by atoms with van der Waals surface area (Å²) in [5, 5.41) is 6.51. The molecule has 1 aromatic carbocycles. The minimum atomic E-state index is -0.442. The zero-order valence-corrected chi connectivity index (χ0v) is 12.1. The second kappa shape index (κ2) is 7.28. The standard InChI is InChI=1S/C16H18N2O3/c1-12-15(13(2)21-18-12)9-6-10-17-16(19)20-11-14-7-4-3-5-8-14/h3-9H,10-11H2,1-2H3,(H,17,19). The molecule has 2 aromatic rings. The molecule has 0 saturated heterocycles. The molecular formula is C16H18N2O3. The fourth-order valence-electron chi connectivity index (χ4n) is 1.82. The average Bonchev–Trinajstić information content (AvgIpc) is 2.82. The second-order valence-corrected chi connectivity index (χ2v) is 4.58. The van der Waals surface area contributed by atoms with Crippen LogP contribution in [-0.2, 0) is 11.3 Å². The third kappa shape index (κ3) is 4.49. The number of amides is 1. The van der Waals surface area contributed by atoms with E-state index in [-0.39, 0.29) is 6.61 Å². The summed E-state index contributed by atoms with van der Waals surface area (Å²) >= 11 is 0. The Kier molecular flexibility index (Phi) is 5.15. The van der Waals surface area contributed by atoms with E-state index in [1.807, 2.05) is 56.3 Å². The van der Waals surface area contributed by atoms with Crippen LogP contribution >= 0.6 is 0 Å². The van der Waals surface area contributed by atoms with Gasteiger partial charge >= 0.3 is 6.09 Å². The van der Waals surface area contributed by atoms with E-state index in [0.717, 1.165) is 22.6 Å². The molecule has 21 heavy (non-hydrogen) atoms. The lowest BCUT2D eigenvalue weighted by Gasteiger charge is -2.05. The number of aromatic nitrogens is 1. The van der Waals surface area contributed by atoms with Gasteiger partial charge in [-0.25, -0.2) is 4.79 Å². The van der Waals surface area contributed by atoms with Gasteiger partial charge in [-0.3, -0.25) is 0 Å². The molecule has 5 nitrogen and oxygen atoms in total. The molecule has 1 N–H and O–H groups in total. The number of ether oxygens (including phenoxy) is 1. The number of aryl methyl sites for hydroxylation is 2. The van der Waals surface area contributed by atoms with Crippen LogP contribution in [0.2, 0.25) is 0 Å². The lowest BCUT2D eigenvalue weighted by molar-refractivity contribution is 0.141. The number of carbonyl (C=O) groups is 1. The van der Waals surface area contributed by atoms with E-state index < -0.39 is 6.09 Å². The second-order valence-electron chi connectivity index (χ2n) is 4.58. The zero-order chi connectivity index (χ0) is 15.1. The van der Waals surface area contributed by atoms with Gasteiger partial charge in [0.05, 0.1) is 5.69 Å². The molecule has 110 valence electrons. The topological polar surface area (TPSA) is 64.4 Å². The maximum absolute atomic E-state index is 11.5. The largest absolute Gasteiger partial charge is 0.445 e. The molecule has 1 amide bonds. The third-order valence-corrected chi connectivity index (χ3v) is 2.95. The minimum absolute atomic E-state index is 0.264. The molecule has 0 atom stereocenters. The molecule has 0 aliphatic heterocycles. The highest BCUT2D eigenvalue weighted by atomic mass is 16.5. The van der Waals surface area contributed by atoms with Crippen LogP contribution in [0.25, 0.3) is 6.08 Å². The van der Waals surface area contributed by atoms with Crippen molar-refractivity contribution in [3.8, 4) is 0 Å². The monoisotopic (exact) mass is 286 g/mol. The first-order chi connectivity index (χ1) is 10.2. The molecule has 2 rings (SSSR count). The summed E-state index contributed by atoms with van der Waals surface area (Å²) in [6, 6.07) is 9.55. The van der Waals surface area contributed by atoms with Gasteiger partial charge in [-0.2, -0.15) is 0 Å². The molecule has 0 unspecified atom stereocenters. The van der Waals surface area contributed by atoms with Crippen LogP contribution in [-0.4, -0.2) is 17.8 Å². The SMILES string of the molecule is Cc1noc(C)c1C=CCNC(=O)OCc1ccccc1. The summed E-state index contributed by atoms with van der Waals surface area (Å²) in [5.41, 5.74) is 2.73. The van der Waals surface area contributed by atoms with Gasteiger partial charge in [-0.15, -0.1) is 0 Å². The normalized spacial score (nSPS) is 10.8. The van der Waals surface area contributed by atoms with Gasteiger partial charge in [-0.05, 0) is 19.4 Å². The van der Waals surface area contributed by atoms with E-state index >= 15 is 0 Å². The van der Waals surface area contributed by atoms with Crippen LogP contribution in [0.15, 0.2) is 40.9 Å². The molecule has 0 spiro atoms. The van der Waals surface area contributed by atoms with Crippen molar-refractivity contribution in [3.63, 3.8) is 0 Å². The number of nitrogens with one attached hydrogen (secondary N) is 1. The van der Waals surface area contributed by atoms with Crippen molar-refractivity contribution in [3.05, 3.63) is 59.0 Å². The number of hydrogen-bond donors (Lipinski definition) is 1. The summed E-state index contributed by atoms with van der Waals surface area (Å²) in [4.78, 5) is 11.5. The highest BCUT2D eigenvalue weighted by Crippen LogP contribution is 2.13. The molecule has 1 heterocycles. The van der Waals surface area contributed by atoms with Crippen molar-refractivity contribution in [1.29, 1.82) is 0 Å². The van der Waals surface area contributed by atoms with Gasteiger partial charge in [0, 0.05) is 12.1 Å². The Balaban J connectivity index is 1.72. The molecular weight excluding hydrogens is 268 g/mol. The quantitative estimate of drug-likeness (QED) is 0.916. The van der Waals surface area contributed by atoms with Crippen molar-refractivity contribution in [2.75, 3.05) is 6.54 Å². The summed E-state index contributed by atoms with van der Waals surface area (Å²) in [5.74, 6) is 0.760. The first-order valence-corrected chi connectivity index (χ1v) is 6.71. The lowest BCUT2D eigenvalue weighted by atomic mass is 10.2. The molecule has 0 saturated carbocycles. The van der Waals surface area contributed by atoms with Gasteiger partial charge < -0.3 is 14.6 Å². The van der Waals surface area contributed by atoms with Gasteiger partial charge in [-0.1, -0.05) is 47.6 Å². The Bertz CT molecular complexity index is 598. The van der Waals surface area contributed by atoms with Gasteiger partial charge in [0.15, 0.2) is 0 Å². The number of alkyl carbamates (subject to hydrolysis) is 1. The first kappa shape index (κ1) is 14.8. The highest BCUT2D eigenvalue weighted by molar-refractivity contribution is 5.67. The number of carbonyl (C=O) groups excluding carboxylic acids is 1. The van der Waals surface area contributed by atoms with Gasteiger partial charge in [0.1, 0.15) is 12.4 Å². The van der Waals surface area contributed by atoms with E-state index in [1.165, 1.54) is 0 Å². The van der Waals surface area contributed by atoms with Crippen LogP contribution in [0.3, 0.4) is 0 Å². The molecule has 0 radical (unpaired) electrons. The van der Waals surface area contributed by atoms with Crippen LogP contribution < -0.4 is 5.32 Å². The van der Waals surface area contributed by atoms with E-state index in [9.17, 15) is 4.79 Å². The fourth-order valence-corrected chi connectivity index (χ4v) is 1.82. The maximum Gasteiger partial charge on any atom is 0.407 e. The van der Waals surface area contributed by atoms with Crippen LogP contribution in [0, 0.1) is 13.8 Å². The maximum atomic E-state index is 11.5. The molecule has 0 aliphatic rings. The Morgan fingerprint density at radius 2 is 2.10 bits per heavy atom. The summed E-state index contributed by atoms with van der Waals surface area (Å²) < 4.78 is 10.1. The molecule has 5 heteroatoms. The molecule has 1 aromatic heterocycles. The fraction of sp³-hybridized carbons (Fsp3) is 0.250. The summed E-state index contributed by atoms with van der Waals surface area (Å²) in [6.07, 6.45) is 3.26. The Morgan fingerprint density at radius 1 is 1.33 bits per heavy atom. The average molecular weight is 286 g/mol. The minimum Gasteiger partial charge on any atom is -0.445 e. The van der Waals surface area contributed by atoms with Crippen LogP contribution in [0.1, 0.15) is 22.6 Å². The van der Waals surface area contributed by atoms with Crippen LogP contribution in [0.4, 0.5) is 4.79 Å². The molecule has 0 fully saturated rings. The predicted octanol–water partition coefficient (Wildman–Crippen LogP) is 3.23. The Labute approximate surface area is 123 Å². The van der Waals surface area contributed by atoms with E-state index in [4.69, 9.17) is 9.26 Å². The molecule has 0 bridgehead atoms. The number of benzene rings is 1. The predicted molar refractivity (Wildman–Crippen MR) is 79.6 cm³/mol. The Morgan fingerprint density at radius 3 is 2.76 bits per heavy atom. The van der Waals surface area contributed by atoms with Crippen molar-refractivity contribution in [1.82, 2.24) is 10.5 Å². The van der Waals surface area contributed by atoms with Crippen molar-refractivity contribution < 1.29 is 14.1 Å². The number of nitrogens with zero attached hydrogens (tertiary/aromatic N) is 1. The van der Waals surface area contributed by atoms with Crippen molar-refractivity contribution in [2.24, 2.45) is 0 Å². The lowest BCUT2D eigenvalue weighted by Crippen LogP contribution is -2.24. The summed E-state index contributed by atoms with van der Waals surface area (Å²) in [7, 11) is 0. The third-order valence-electron chi connectivity index (χ3n) is 2.95. The van der Waals surface area contributed by atoms with E-state index in [0.29, 0.717) is 6.54 Å². The van der Waals surface area contributed by atoms with E-state index in [1.54, 1.807) is 0 Å². The Hall–Kier alpha value is -2.56. The van der Waals surface area contributed by atoms with Gasteiger partial charge in [0.25, 0.3) is 0 Å². The van der Waals surface area contributed by atoms with Gasteiger partial charge in [0.2, 0.25) is 0 Å². The van der Waals surface area contributed by atoms with Crippen LogP contribution in [0.5, 0.6) is 0 Å². The number of rotatable bonds is 5. The first-order valence-electron chi connectivity index (χ1n) is 6.71. The van der Waals surface area contributed by atoms with Crippen molar-refractivity contribution >= 4 is 12.2 Å². The highest BCUT2D eigenvalue weighted by Gasteiger charge is 2.04. The number of hydrogen-bond acceptors (Lipinski definition) is 4. The van der Waals surface area contributed by atoms with Crippen molar-refractivity contribution in [2.45, 2.75) is 20.5 Å². The zero-order valence-electron chi connectivity index (χ0n) is 12.1.